The maximum absolute atomic E-state index is 12.0. The van der Waals surface area contributed by atoms with Crippen LogP contribution < -0.4 is 16.0 Å². The zero-order valence-corrected chi connectivity index (χ0v) is 13.3. The van der Waals surface area contributed by atoms with E-state index in [1.54, 1.807) is 0 Å². The van der Waals surface area contributed by atoms with Gasteiger partial charge in [-0.15, -0.1) is 0 Å². The number of hydrogen-bond acceptors (Lipinski definition) is 6. The van der Waals surface area contributed by atoms with Gasteiger partial charge in [-0.3, -0.25) is 4.79 Å². The van der Waals surface area contributed by atoms with Gasteiger partial charge in [-0.1, -0.05) is 0 Å². The van der Waals surface area contributed by atoms with Crippen molar-refractivity contribution in [2.75, 3.05) is 43.5 Å². The number of ether oxygens (including phenoxy) is 1. The smallest absolute Gasteiger partial charge is 0.223 e. The predicted molar refractivity (Wildman–Crippen MR) is 86.0 cm³/mol. The zero-order chi connectivity index (χ0) is 15.8. The average molecular weight is 307 g/mol. The van der Waals surface area contributed by atoms with Crippen LogP contribution in [0.1, 0.15) is 25.6 Å². The van der Waals surface area contributed by atoms with Crippen LogP contribution in [0.25, 0.3) is 0 Å². The Morgan fingerprint density at radius 1 is 1.23 bits per heavy atom. The third-order valence-corrected chi connectivity index (χ3v) is 3.52. The lowest BCUT2D eigenvalue weighted by Crippen LogP contribution is -2.36. The van der Waals surface area contributed by atoms with E-state index in [2.05, 4.69) is 25.9 Å². The summed E-state index contributed by atoms with van der Waals surface area (Å²) in [6, 6.07) is 1.87. The van der Waals surface area contributed by atoms with Crippen LogP contribution in [0.4, 0.5) is 11.6 Å². The molecule has 0 aliphatic carbocycles. The van der Waals surface area contributed by atoms with Gasteiger partial charge < -0.3 is 20.7 Å². The van der Waals surface area contributed by atoms with Gasteiger partial charge in [-0.25, -0.2) is 9.97 Å². The third-order valence-electron chi connectivity index (χ3n) is 3.52. The molecule has 1 aliphatic rings. The number of nitrogens with one attached hydrogen (secondary N) is 3. The summed E-state index contributed by atoms with van der Waals surface area (Å²) in [5.74, 6) is 2.51. The number of hydrogen-bond donors (Lipinski definition) is 3. The fourth-order valence-electron chi connectivity index (χ4n) is 2.41. The molecule has 1 aliphatic heterocycles. The van der Waals surface area contributed by atoms with Crippen LogP contribution in [0.5, 0.6) is 0 Å². The second kappa shape index (κ2) is 8.53. The van der Waals surface area contributed by atoms with E-state index in [0.29, 0.717) is 32.1 Å². The van der Waals surface area contributed by atoms with Crippen molar-refractivity contribution >= 4 is 17.5 Å². The predicted octanol–water partition coefficient (Wildman–Crippen LogP) is 1.17. The van der Waals surface area contributed by atoms with Gasteiger partial charge in [0, 0.05) is 44.8 Å². The minimum atomic E-state index is 0.0930. The van der Waals surface area contributed by atoms with Crippen LogP contribution in [0.2, 0.25) is 0 Å². The number of anilines is 2. The molecular weight excluding hydrogens is 282 g/mol. The van der Waals surface area contributed by atoms with Crippen molar-refractivity contribution in [3.8, 4) is 0 Å². The van der Waals surface area contributed by atoms with Gasteiger partial charge in [-0.2, -0.15) is 0 Å². The fourth-order valence-corrected chi connectivity index (χ4v) is 2.41. The highest BCUT2D eigenvalue weighted by Crippen LogP contribution is 2.14. The van der Waals surface area contributed by atoms with E-state index in [4.69, 9.17) is 4.74 Å². The lowest BCUT2D eigenvalue weighted by atomic mass is 9.99. The molecule has 3 N–H and O–H groups in total. The Labute approximate surface area is 131 Å². The topological polar surface area (TPSA) is 88.2 Å². The van der Waals surface area contributed by atoms with E-state index in [1.165, 1.54) is 0 Å². The molecule has 0 spiro atoms. The number of aromatic nitrogens is 2. The van der Waals surface area contributed by atoms with E-state index >= 15 is 0 Å². The number of amides is 1. The summed E-state index contributed by atoms with van der Waals surface area (Å²) in [4.78, 5) is 20.6. The van der Waals surface area contributed by atoms with E-state index in [1.807, 2.05) is 19.9 Å². The molecule has 122 valence electrons. The Morgan fingerprint density at radius 3 is 2.59 bits per heavy atom. The number of aryl methyl sites for hydroxylation is 1. The van der Waals surface area contributed by atoms with Gasteiger partial charge in [0.15, 0.2) is 0 Å². The molecule has 1 fully saturated rings. The van der Waals surface area contributed by atoms with E-state index in [9.17, 15) is 4.79 Å². The molecular formula is C15H25N5O2. The summed E-state index contributed by atoms with van der Waals surface area (Å²) in [6.45, 7) is 7.28. The Hall–Kier alpha value is -1.89. The van der Waals surface area contributed by atoms with Crippen molar-refractivity contribution in [3.63, 3.8) is 0 Å². The first-order chi connectivity index (χ1) is 10.7. The largest absolute Gasteiger partial charge is 0.381 e. The van der Waals surface area contributed by atoms with Gasteiger partial charge in [0.25, 0.3) is 0 Å². The molecule has 0 saturated carbocycles. The average Bonchev–Trinajstić information content (AvgIpc) is 2.52. The van der Waals surface area contributed by atoms with Gasteiger partial charge in [-0.05, 0) is 26.7 Å². The van der Waals surface area contributed by atoms with Crippen molar-refractivity contribution in [3.05, 3.63) is 11.9 Å². The molecule has 0 aromatic carbocycles. The normalized spacial score (nSPS) is 15.4. The maximum atomic E-state index is 12.0. The lowest BCUT2D eigenvalue weighted by Gasteiger charge is -2.21. The molecule has 22 heavy (non-hydrogen) atoms. The highest BCUT2D eigenvalue weighted by atomic mass is 16.5. The van der Waals surface area contributed by atoms with Crippen molar-refractivity contribution < 1.29 is 9.53 Å². The number of carbonyl (C=O) groups is 1. The number of carbonyl (C=O) groups excluding carboxylic acids is 1. The molecule has 1 amide bonds. The monoisotopic (exact) mass is 307 g/mol. The zero-order valence-electron chi connectivity index (χ0n) is 13.3. The molecule has 0 atom stereocenters. The molecule has 2 rings (SSSR count). The molecule has 2 heterocycles. The highest BCUT2D eigenvalue weighted by molar-refractivity contribution is 5.78. The molecule has 7 heteroatoms. The first kappa shape index (κ1) is 16.5. The first-order valence-corrected chi connectivity index (χ1v) is 7.88. The second-order valence-corrected chi connectivity index (χ2v) is 5.32. The quantitative estimate of drug-likeness (QED) is 0.655. The maximum Gasteiger partial charge on any atom is 0.223 e. The Balaban J connectivity index is 1.72. The van der Waals surface area contributed by atoms with Crippen molar-refractivity contribution in [1.29, 1.82) is 0 Å². The first-order valence-electron chi connectivity index (χ1n) is 7.88. The summed E-state index contributed by atoms with van der Waals surface area (Å²) in [6.07, 6.45) is 1.63. The molecule has 7 nitrogen and oxygen atoms in total. The third kappa shape index (κ3) is 5.14. The molecule has 0 bridgehead atoms. The van der Waals surface area contributed by atoms with Gasteiger partial charge >= 0.3 is 0 Å². The SMILES string of the molecule is CCNc1cc(NCCNC(=O)C2CCOCC2)nc(C)n1. The molecule has 0 unspecified atom stereocenters. The van der Waals surface area contributed by atoms with Crippen LogP contribution in [0.15, 0.2) is 6.07 Å². The highest BCUT2D eigenvalue weighted by Gasteiger charge is 2.20. The molecule has 0 radical (unpaired) electrons. The molecule has 1 aromatic heterocycles. The Kier molecular flexibility index (Phi) is 6.39. The fraction of sp³-hybridized carbons (Fsp3) is 0.667. The minimum absolute atomic E-state index is 0.0930. The summed E-state index contributed by atoms with van der Waals surface area (Å²) in [5, 5.41) is 9.34. The van der Waals surface area contributed by atoms with Crippen molar-refractivity contribution in [1.82, 2.24) is 15.3 Å². The Bertz CT molecular complexity index is 489. The number of nitrogens with zero attached hydrogens (tertiary/aromatic N) is 2. The standard InChI is InChI=1S/C15H25N5O2/c1-3-16-13-10-14(20-11(2)19-13)17-6-7-18-15(21)12-4-8-22-9-5-12/h10,12H,3-9H2,1-2H3,(H,18,21)(H2,16,17,19,20). The van der Waals surface area contributed by atoms with Crippen LogP contribution in [-0.4, -0.2) is 48.7 Å². The van der Waals surface area contributed by atoms with Crippen LogP contribution in [0.3, 0.4) is 0 Å². The summed E-state index contributed by atoms with van der Waals surface area (Å²) < 4.78 is 5.26. The number of rotatable bonds is 7. The second-order valence-electron chi connectivity index (χ2n) is 5.32. The summed E-state index contributed by atoms with van der Waals surface area (Å²) in [5.41, 5.74) is 0. The van der Waals surface area contributed by atoms with Gasteiger partial charge in [0.2, 0.25) is 5.91 Å². The van der Waals surface area contributed by atoms with Crippen LogP contribution >= 0.6 is 0 Å². The van der Waals surface area contributed by atoms with Gasteiger partial charge in [0.1, 0.15) is 17.5 Å². The van der Waals surface area contributed by atoms with E-state index in [0.717, 1.165) is 31.0 Å². The van der Waals surface area contributed by atoms with E-state index < -0.39 is 0 Å². The van der Waals surface area contributed by atoms with Crippen LogP contribution in [-0.2, 0) is 9.53 Å². The summed E-state index contributed by atoms with van der Waals surface area (Å²) >= 11 is 0. The molecule has 1 saturated heterocycles. The minimum Gasteiger partial charge on any atom is -0.381 e. The summed E-state index contributed by atoms with van der Waals surface area (Å²) in [7, 11) is 0. The van der Waals surface area contributed by atoms with Crippen molar-refractivity contribution in [2.45, 2.75) is 26.7 Å². The van der Waals surface area contributed by atoms with E-state index in [-0.39, 0.29) is 11.8 Å². The van der Waals surface area contributed by atoms with Gasteiger partial charge in [0.05, 0.1) is 0 Å². The lowest BCUT2D eigenvalue weighted by molar-refractivity contribution is -0.127. The van der Waals surface area contributed by atoms with Crippen molar-refractivity contribution in [2.24, 2.45) is 5.92 Å². The Morgan fingerprint density at radius 2 is 1.91 bits per heavy atom. The van der Waals surface area contributed by atoms with Crippen LogP contribution in [0, 0.1) is 12.8 Å². The molecule has 1 aromatic rings.